The fraction of sp³-hybridized carbons (Fsp3) is 0.478. The molecule has 0 saturated carbocycles. The lowest BCUT2D eigenvalue weighted by Crippen LogP contribution is -2.39. The Morgan fingerprint density at radius 3 is 2.81 bits per heavy atom. The molecule has 0 radical (unpaired) electrons. The summed E-state index contributed by atoms with van der Waals surface area (Å²) in [5, 5.41) is 4.82. The zero-order valence-electron chi connectivity index (χ0n) is 18.2. The molecule has 0 unspecified atom stereocenters. The van der Waals surface area contributed by atoms with E-state index in [0.717, 1.165) is 73.6 Å². The van der Waals surface area contributed by atoms with Gasteiger partial charge >= 0.3 is 0 Å². The average molecular weight is 420 g/mol. The first-order valence-electron chi connectivity index (χ1n) is 11.1. The molecule has 162 valence electrons. The van der Waals surface area contributed by atoms with Crippen molar-refractivity contribution in [2.24, 2.45) is 5.73 Å². The van der Waals surface area contributed by atoms with Gasteiger partial charge in [0.15, 0.2) is 5.65 Å². The Morgan fingerprint density at radius 2 is 2.03 bits per heavy atom. The van der Waals surface area contributed by atoms with Gasteiger partial charge < -0.3 is 15.5 Å². The smallest absolute Gasteiger partial charge is 0.273 e. The summed E-state index contributed by atoms with van der Waals surface area (Å²) < 4.78 is 1.84. The van der Waals surface area contributed by atoms with Gasteiger partial charge in [-0.25, -0.2) is 9.50 Å². The Labute approximate surface area is 182 Å². The Kier molecular flexibility index (Phi) is 5.09. The number of carbonyl (C=O) groups is 1. The van der Waals surface area contributed by atoms with E-state index in [0.29, 0.717) is 5.69 Å². The Hall–Kier alpha value is -3.00. The second-order valence-electron chi connectivity index (χ2n) is 8.84. The van der Waals surface area contributed by atoms with Gasteiger partial charge in [0.1, 0.15) is 11.5 Å². The van der Waals surface area contributed by atoms with E-state index in [1.807, 2.05) is 40.7 Å². The third-order valence-electron chi connectivity index (χ3n) is 6.39. The molecule has 1 amide bonds. The first-order valence-corrected chi connectivity index (χ1v) is 11.1. The molecule has 3 aromatic heterocycles. The number of nitrogens with two attached hydrogens (primary N) is 1. The number of amides is 1. The third kappa shape index (κ3) is 3.76. The van der Waals surface area contributed by atoms with Gasteiger partial charge in [0.25, 0.3) is 5.91 Å². The fourth-order valence-corrected chi connectivity index (χ4v) is 4.76. The van der Waals surface area contributed by atoms with E-state index < -0.39 is 0 Å². The standard InChI is InChI=1S/C23H29N7O/c1-15-6-8-25-19(11-15)23(31)29-9-4-3-5-20(29)18-12-21-26-22(16(2)13-30(21)27-18)28-10-7-17(24)14-28/h6,8,11-13,17,20H,3-5,7,9-10,14,24H2,1-2H3/t17-,20+/m0/s1. The number of rotatable bonds is 3. The molecule has 0 bridgehead atoms. The van der Waals surface area contributed by atoms with E-state index >= 15 is 0 Å². The number of carbonyl (C=O) groups excluding carboxylic acids is 1. The molecule has 31 heavy (non-hydrogen) atoms. The third-order valence-corrected chi connectivity index (χ3v) is 6.39. The summed E-state index contributed by atoms with van der Waals surface area (Å²) >= 11 is 0. The van der Waals surface area contributed by atoms with Crippen molar-refractivity contribution in [2.45, 2.75) is 51.6 Å². The van der Waals surface area contributed by atoms with Gasteiger partial charge in [0, 0.05) is 49.7 Å². The van der Waals surface area contributed by atoms with E-state index in [-0.39, 0.29) is 18.0 Å². The molecule has 0 aromatic carbocycles. The van der Waals surface area contributed by atoms with Gasteiger partial charge in [-0.05, 0) is 57.2 Å². The number of aryl methyl sites for hydroxylation is 2. The van der Waals surface area contributed by atoms with Crippen LogP contribution in [0.1, 0.15) is 59.0 Å². The number of anilines is 1. The van der Waals surface area contributed by atoms with E-state index in [4.69, 9.17) is 15.8 Å². The summed E-state index contributed by atoms with van der Waals surface area (Å²) in [6.07, 6.45) is 7.69. The number of piperidine rings is 1. The summed E-state index contributed by atoms with van der Waals surface area (Å²) in [6, 6.07) is 5.93. The van der Waals surface area contributed by atoms with Gasteiger partial charge in [-0.3, -0.25) is 9.78 Å². The van der Waals surface area contributed by atoms with Crippen molar-refractivity contribution in [3.05, 3.63) is 53.1 Å². The zero-order chi connectivity index (χ0) is 21.5. The van der Waals surface area contributed by atoms with Crippen LogP contribution in [0.4, 0.5) is 5.82 Å². The highest BCUT2D eigenvalue weighted by Gasteiger charge is 2.31. The van der Waals surface area contributed by atoms with Crippen LogP contribution in [0.2, 0.25) is 0 Å². The molecule has 2 saturated heterocycles. The lowest BCUT2D eigenvalue weighted by Gasteiger charge is -2.34. The topological polar surface area (TPSA) is 92.7 Å². The quantitative estimate of drug-likeness (QED) is 0.702. The van der Waals surface area contributed by atoms with Crippen LogP contribution in [0.5, 0.6) is 0 Å². The van der Waals surface area contributed by atoms with Gasteiger partial charge in [-0.2, -0.15) is 5.10 Å². The van der Waals surface area contributed by atoms with E-state index in [9.17, 15) is 4.79 Å². The predicted octanol–water partition coefficient (Wildman–Crippen LogP) is 2.65. The van der Waals surface area contributed by atoms with Crippen LogP contribution in [0, 0.1) is 13.8 Å². The molecule has 2 N–H and O–H groups in total. The van der Waals surface area contributed by atoms with Gasteiger partial charge in [-0.15, -0.1) is 0 Å². The molecule has 2 aliphatic rings. The van der Waals surface area contributed by atoms with E-state index in [1.165, 1.54) is 0 Å². The highest BCUT2D eigenvalue weighted by atomic mass is 16.2. The monoisotopic (exact) mass is 419 g/mol. The predicted molar refractivity (Wildman–Crippen MR) is 119 cm³/mol. The molecular formula is C23H29N7O. The van der Waals surface area contributed by atoms with Crippen molar-refractivity contribution in [1.29, 1.82) is 0 Å². The maximum Gasteiger partial charge on any atom is 0.273 e. The van der Waals surface area contributed by atoms with E-state index in [2.05, 4.69) is 16.8 Å². The summed E-state index contributed by atoms with van der Waals surface area (Å²) in [6.45, 7) is 6.52. The largest absolute Gasteiger partial charge is 0.355 e. The van der Waals surface area contributed by atoms with Gasteiger partial charge in [0.05, 0.1) is 11.7 Å². The Morgan fingerprint density at radius 1 is 1.16 bits per heavy atom. The summed E-state index contributed by atoms with van der Waals surface area (Å²) in [4.78, 5) is 26.7. The molecule has 5 heterocycles. The van der Waals surface area contributed by atoms with E-state index in [1.54, 1.807) is 6.20 Å². The second-order valence-corrected chi connectivity index (χ2v) is 8.84. The van der Waals surface area contributed by atoms with Crippen LogP contribution >= 0.6 is 0 Å². The van der Waals surface area contributed by atoms with Crippen LogP contribution in [0.25, 0.3) is 5.65 Å². The molecular weight excluding hydrogens is 390 g/mol. The number of hydrogen-bond donors (Lipinski definition) is 1. The normalized spacial score (nSPS) is 21.8. The van der Waals surface area contributed by atoms with Crippen molar-refractivity contribution in [3.8, 4) is 0 Å². The second kappa shape index (κ2) is 7.92. The van der Waals surface area contributed by atoms with Crippen molar-refractivity contribution in [3.63, 3.8) is 0 Å². The average Bonchev–Trinajstić information content (AvgIpc) is 3.38. The molecule has 2 atom stereocenters. The number of hydrogen-bond acceptors (Lipinski definition) is 6. The van der Waals surface area contributed by atoms with Crippen LogP contribution in [-0.4, -0.2) is 56.1 Å². The van der Waals surface area contributed by atoms with Crippen LogP contribution in [0.15, 0.2) is 30.6 Å². The van der Waals surface area contributed by atoms with Crippen molar-refractivity contribution in [2.75, 3.05) is 24.5 Å². The number of pyridine rings is 1. The number of fused-ring (bicyclic) bond motifs is 1. The minimum atomic E-state index is -0.0609. The number of likely N-dealkylation sites (tertiary alicyclic amines) is 1. The highest BCUT2D eigenvalue weighted by molar-refractivity contribution is 5.92. The van der Waals surface area contributed by atoms with Crippen molar-refractivity contribution >= 4 is 17.4 Å². The highest BCUT2D eigenvalue weighted by Crippen LogP contribution is 2.32. The van der Waals surface area contributed by atoms with Crippen LogP contribution in [-0.2, 0) is 0 Å². The minimum absolute atomic E-state index is 0.0265. The molecule has 0 spiro atoms. The zero-order valence-corrected chi connectivity index (χ0v) is 18.2. The Balaban J connectivity index is 1.47. The molecule has 2 aliphatic heterocycles. The van der Waals surface area contributed by atoms with Gasteiger partial charge in [0.2, 0.25) is 0 Å². The first-order chi connectivity index (χ1) is 15.0. The summed E-state index contributed by atoms with van der Waals surface area (Å²) in [5.74, 6) is 0.953. The molecule has 3 aromatic rings. The molecule has 8 heteroatoms. The molecule has 0 aliphatic carbocycles. The Bertz CT molecular complexity index is 1120. The maximum absolute atomic E-state index is 13.3. The lowest BCUT2D eigenvalue weighted by atomic mass is 9.98. The summed E-state index contributed by atoms with van der Waals surface area (Å²) in [5.41, 5.74) is 10.4. The molecule has 5 rings (SSSR count). The minimum Gasteiger partial charge on any atom is -0.355 e. The molecule has 2 fully saturated rings. The fourth-order valence-electron chi connectivity index (χ4n) is 4.76. The van der Waals surface area contributed by atoms with Crippen molar-refractivity contribution in [1.82, 2.24) is 24.5 Å². The first kappa shape index (κ1) is 19.9. The number of aromatic nitrogens is 4. The SMILES string of the molecule is Cc1ccnc(C(=O)N2CCCC[C@@H]2c2cc3nc(N4CC[C@H](N)C4)c(C)cn3n2)c1. The van der Waals surface area contributed by atoms with Gasteiger partial charge in [-0.1, -0.05) is 0 Å². The molecule has 8 nitrogen and oxygen atoms in total. The maximum atomic E-state index is 13.3. The summed E-state index contributed by atoms with van der Waals surface area (Å²) in [7, 11) is 0. The van der Waals surface area contributed by atoms with Crippen LogP contribution < -0.4 is 10.6 Å². The van der Waals surface area contributed by atoms with Crippen LogP contribution in [0.3, 0.4) is 0 Å². The van der Waals surface area contributed by atoms with Crippen molar-refractivity contribution < 1.29 is 4.79 Å². The number of nitrogens with zero attached hydrogens (tertiary/aromatic N) is 6. The lowest BCUT2D eigenvalue weighted by molar-refractivity contribution is 0.0599.